The zero-order valence-corrected chi connectivity index (χ0v) is 11.0. The van der Waals surface area contributed by atoms with Gasteiger partial charge in [-0.25, -0.2) is 0 Å². The predicted octanol–water partition coefficient (Wildman–Crippen LogP) is 0.911. The van der Waals surface area contributed by atoms with E-state index >= 15 is 0 Å². The largest absolute Gasteiger partial charge is 0.376 e. The van der Waals surface area contributed by atoms with Crippen LogP contribution in [0.2, 0.25) is 0 Å². The summed E-state index contributed by atoms with van der Waals surface area (Å²) in [5, 5.41) is 7.00. The van der Waals surface area contributed by atoms with Crippen molar-refractivity contribution in [1.29, 1.82) is 0 Å². The van der Waals surface area contributed by atoms with Crippen LogP contribution in [-0.4, -0.2) is 30.7 Å². The van der Waals surface area contributed by atoms with Crippen molar-refractivity contribution in [3.05, 3.63) is 22.4 Å². The van der Waals surface area contributed by atoms with Gasteiger partial charge in [0.2, 0.25) is 5.91 Å². The molecule has 1 aromatic heterocycles. The molecule has 2 fully saturated rings. The molecule has 0 radical (unpaired) electrons. The SMILES string of the molecule is NC1C2CCCOC2C1NC(=O)Cc1ccsc1. The van der Waals surface area contributed by atoms with Crippen LogP contribution in [-0.2, 0) is 16.0 Å². The van der Waals surface area contributed by atoms with E-state index in [1.165, 1.54) is 0 Å². The Balaban J connectivity index is 1.55. The molecule has 98 valence electrons. The number of hydrogen-bond acceptors (Lipinski definition) is 4. The molecule has 1 saturated carbocycles. The quantitative estimate of drug-likeness (QED) is 0.855. The zero-order valence-electron chi connectivity index (χ0n) is 10.2. The molecule has 0 aromatic carbocycles. The van der Waals surface area contributed by atoms with Crippen molar-refractivity contribution in [2.75, 3.05) is 6.61 Å². The van der Waals surface area contributed by atoms with E-state index in [1.54, 1.807) is 11.3 Å². The molecule has 18 heavy (non-hydrogen) atoms. The average molecular weight is 266 g/mol. The fraction of sp³-hybridized carbons (Fsp3) is 0.615. The van der Waals surface area contributed by atoms with Crippen LogP contribution in [0.15, 0.2) is 16.8 Å². The van der Waals surface area contributed by atoms with Crippen LogP contribution in [0.3, 0.4) is 0 Å². The maximum atomic E-state index is 11.9. The van der Waals surface area contributed by atoms with Gasteiger partial charge in [0.1, 0.15) is 0 Å². The minimum atomic E-state index is 0.00133. The van der Waals surface area contributed by atoms with E-state index in [-0.39, 0.29) is 24.1 Å². The lowest BCUT2D eigenvalue weighted by Gasteiger charge is -2.52. The van der Waals surface area contributed by atoms with Gasteiger partial charge < -0.3 is 15.8 Å². The normalized spacial score (nSPS) is 34.5. The first-order valence-electron chi connectivity index (χ1n) is 6.43. The number of nitrogens with one attached hydrogen (secondary N) is 1. The maximum absolute atomic E-state index is 11.9. The summed E-state index contributed by atoms with van der Waals surface area (Å²) in [4.78, 5) is 11.9. The summed E-state index contributed by atoms with van der Waals surface area (Å²) in [5.41, 5.74) is 7.17. The van der Waals surface area contributed by atoms with E-state index in [0.717, 1.165) is 25.0 Å². The molecule has 1 aliphatic carbocycles. The van der Waals surface area contributed by atoms with Crippen LogP contribution in [0.1, 0.15) is 18.4 Å². The minimum absolute atomic E-state index is 0.00133. The maximum Gasteiger partial charge on any atom is 0.224 e. The molecule has 1 amide bonds. The molecular weight excluding hydrogens is 248 g/mol. The van der Waals surface area contributed by atoms with Crippen LogP contribution >= 0.6 is 11.3 Å². The lowest BCUT2D eigenvalue weighted by atomic mass is 9.68. The third-order valence-corrected chi connectivity index (χ3v) is 4.68. The molecule has 4 unspecified atom stereocenters. The van der Waals surface area contributed by atoms with Gasteiger partial charge in [0, 0.05) is 18.6 Å². The summed E-state index contributed by atoms with van der Waals surface area (Å²) in [7, 11) is 0. The number of hydrogen-bond donors (Lipinski definition) is 2. The Morgan fingerprint density at radius 1 is 1.61 bits per heavy atom. The molecule has 3 N–H and O–H groups in total. The molecule has 1 saturated heterocycles. The van der Waals surface area contributed by atoms with E-state index in [0.29, 0.717) is 12.3 Å². The molecule has 4 nitrogen and oxygen atoms in total. The number of thiophene rings is 1. The highest BCUT2D eigenvalue weighted by Gasteiger charge is 2.50. The van der Waals surface area contributed by atoms with Crippen molar-refractivity contribution >= 4 is 17.2 Å². The number of nitrogens with two attached hydrogens (primary N) is 1. The molecule has 0 bridgehead atoms. The Labute approximate surface area is 111 Å². The van der Waals surface area contributed by atoms with Crippen molar-refractivity contribution in [3.8, 4) is 0 Å². The van der Waals surface area contributed by atoms with E-state index < -0.39 is 0 Å². The third kappa shape index (κ3) is 2.18. The van der Waals surface area contributed by atoms with E-state index in [4.69, 9.17) is 10.5 Å². The van der Waals surface area contributed by atoms with Gasteiger partial charge in [-0.15, -0.1) is 0 Å². The summed E-state index contributed by atoms with van der Waals surface area (Å²) in [6, 6.07) is 2.04. The first-order valence-corrected chi connectivity index (χ1v) is 7.37. The van der Waals surface area contributed by atoms with E-state index in [9.17, 15) is 4.79 Å². The second kappa shape index (κ2) is 4.99. The zero-order chi connectivity index (χ0) is 12.5. The lowest BCUT2D eigenvalue weighted by Crippen LogP contribution is -2.72. The Morgan fingerprint density at radius 3 is 3.28 bits per heavy atom. The van der Waals surface area contributed by atoms with Gasteiger partial charge in [-0.2, -0.15) is 11.3 Å². The van der Waals surface area contributed by atoms with Crippen molar-refractivity contribution in [2.24, 2.45) is 11.7 Å². The smallest absolute Gasteiger partial charge is 0.224 e. The fourth-order valence-electron chi connectivity index (χ4n) is 2.94. The van der Waals surface area contributed by atoms with Gasteiger partial charge in [0.15, 0.2) is 0 Å². The highest BCUT2D eigenvalue weighted by molar-refractivity contribution is 7.07. The van der Waals surface area contributed by atoms with Crippen LogP contribution in [0.4, 0.5) is 0 Å². The van der Waals surface area contributed by atoms with E-state index in [2.05, 4.69) is 5.32 Å². The second-order valence-electron chi connectivity index (χ2n) is 5.12. The summed E-state index contributed by atoms with van der Waals surface area (Å²) in [6.45, 7) is 0.796. The highest BCUT2D eigenvalue weighted by atomic mass is 32.1. The second-order valence-corrected chi connectivity index (χ2v) is 5.90. The number of ether oxygens (including phenoxy) is 1. The molecule has 0 spiro atoms. The number of amides is 1. The van der Waals surface area contributed by atoms with Crippen LogP contribution < -0.4 is 11.1 Å². The minimum Gasteiger partial charge on any atom is -0.376 e. The lowest BCUT2D eigenvalue weighted by molar-refractivity contribution is -0.138. The van der Waals surface area contributed by atoms with Gasteiger partial charge >= 0.3 is 0 Å². The molecule has 2 aliphatic rings. The standard InChI is InChI=1S/C13H18N2O2S/c14-11-9-2-1-4-17-13(9)12(11)15-10(16)6-8-3-5-18-7-8/h3,5,7,9,11-13H,1-2,4,6,14H2,(H,15,16). The summed E-state index contributed by atoms with van der Waals surface area (Å²) in [6.07, 6.45) is 2.79. The van der Waals surface area contributed by atoms with Crippen molar-refractivity contribution in [2.45, 2.75) is 37.5 Å². The molecule has 2 heterocycles. The summed E-state index contributed by atoms with van der Waals surface area (Å²) in [5.74, 6) is 0.478. The predicted molar refractivity (Wildman–Crippen MR) is 70.4 cm³/mol. The Hall–Kier alpha value is -0.910. The van der Waals surface area contributed by atoms with Crippen molar-refractivity contribution in [1.82, 2.24) is 5.32 Å². The van der Waals surface area contributed by atoms with E-state index in [1.807, 2.05) is 16.8 Å². The number of carbonyl (C=O) groups is 1. The van der Waals surface area contributed by atoms with Gasteiger partial charge in [-0.05, 0) is 35.2 Å². The number of carbonyl (C=O) groups excluding carboxylic acids is 1. The molecule has 1 aliphatic heterocycles. The highest BCUT2D eigenvalue weighted by Crippen LogP contribution is 2.36. The van der Waals surface area contributed by atoms with Gasteiger partial charge in [0.25, 0.3) is 0 Å². The molecule has 4 atom stereocenters. The number of rotatable bonds is 3. The van der Waals surface area contributed by atoms with Crippen molar-refractivity contribution < 1.29 is 9.53 Å². The average Bonchev–Trinajstić information content (AvgIpc) is 2.88. The van der Waals surface area contributed by atoms with Crippen LogP contribution in [0.5, 0.6) is 0 Å². The molecular formula is C13H18N2O2S. The topological polar surface area (TPSA) is 64.3 Å². The molecule has 3 rings (SSSR count). The first-order chi connectivity index (χ1) is 8.75. The first kappa shape index (κ1) is 12.1. The molecule has 5 heteroatoms. The number of fused-ring (bicyclic) bond motifs is 1. The summed E-state index contributed by atoms with van der Waals surface area (Å²) < 4.78 is 5.70. The molecule has 1 aromatic rings. The Kier molecular flexibility index (Phi) is 3.37. The van der Waals surface area contributed by atoms with Gasteiger partial charge in [0.05, 0.1) is 18.6 Å². The summed E-state index contributed by atoms with van der Waals surface area (Å²) >= 11 is 1.61. The Morgan fingerprint density at radius 2 is 2.50 bits per heavy atom. The Bertz CT molecular complexity index is 421. The van der Waals surface area contributed by atoms with Gasteiger partial charge in [-0.1, -0.05) is 0 Å². The fourth-order valence-corrected chi connectivity index (χ4v) is 3.61. The van der Waals surface area contributed by atoms with Crippen LogP contribution in [0, 0.1) is 5.92 Å². The van der Waals surface area contributed by atoms with Crippen molar-refractivity contribution in [3.63, 3.8) is 0 Å². The third-order valence-electron chi connectivity index (χ3n) is 3.95. The van der Waals surface area contributed by atoms with Gasteiger partial charge in [-0.3, -0.25) is 4.79 Å². The monoisotopic (exact) mass is 266 g/mol. The van der Waals surface area contributed by atoms with Crippen LogP contribution in [0.25, 0.3) is 0 Å².